The lowest BCUT2D eigenvalue weighted by atomic mass is 9.84. The molecule has 4 amide bonds. The highest BCUT2D eigenvalue weighted by Crippen LogP contribution is 2.65. The summed E-state index contributed by atoms with van der Waals surface area (Å²) in [5, 5.41) is 18.3. The molecule has 6 atom stereocenters. The molecule has 1 aliphatic carbocycles. The average Bonchev–Trinajstić information content (AvgIpc) is 3.13. The average molecular weight is 501 g/mol. The molecule has 3 saturated heterocycles. The van der Waals surface area contributed by atoms with E-state index in [4.69, 9.17) is 0 Å². The van der Waals surface area contributed by atoms with Crippen molar-refractivity contribution in [2.75, 3.05) is 33.2 Å². The normalized spacial score (nSPS) is 30.9. The number of hydrogen-bond acceptors (Lipinski definition) is 6. The summed E-state index contributed by atoms with van der Waals surface area (Å²) in [4.78, 5) is 56.0. The first-order valence-corrected chi connectivity index (χ1v) is 13.0. The van der Waals surface area contributed by atoms with Gasteiger partial charge in [0.1, 0.15) is 18.1 Å². The fourth-order valence-corrected chi connectivity index (χ4v) is 6.31. The molecule has 0 aromatic heterocycles. The highest BCUT2D eigenvalue weighted by Gasteiger charge is 2.69. The number of carbonyl (C=O) groups excluding carboxylic acids is 4. The van der Waals surface area contributed by atoms with Crippen LogP contribution in [0.4, 0.5) is 0 Å². The predicted octanol–water partition coefficient (Wildman–Crippen LogP) is 0.0965. The Labute approximate surface area is 213 Å². The summed E-state index contributed by atoms with van der Waals surface area (Å²) in [6.45, 7) is 12.3. The van der Waals surface area contributed by atoms with E-state index in [1.807, 2.05) is 27.8 Å². The van der Waals surface area contributed by atoms with Crippen molar-refractivity contribution in [1.82, 2.24) is 25.8 Å². The van der Waals surface area contributed by atoms with E-state index in [0.717, 1.165) is 0 Å². The topological polar surface area (TPSA) is 135 Å². The van der Waals surface area contributed by atoms with Crippen LogP contribution in [0.1, 0.15) is 47.5 Å². The summed E-state index contributed by atoms with van der Waals surface area (Å²) in [5.74, 6) is -1.09. The van der Waals surface area contributed by atoms with Crippen LogP contribution in [0.2, 0.25) is 0 Å². The van der Waals surface area contributed by atoms with Gasteiger partial charge in [0.2, 0.25) is 23.6 Å². The Hall–Kier alpha value is -2.67. The van der Waals surface area contributed by atoms with E-state index in [-0.39, 0.29) is 59.1 Å². The van der Waals surface area contributed by atoms with Gasteiger partial charge in [-0.05, 0) is 42.6 Å². The predicted molar refractivity (Wildman–Crippen MR) is 132 cm³/mol. The SMILES string of the molecule is CN1CC(C(=O)N[C@H](C(=O)N2C[C@H]3[C@@H]([C@H]2C(=O)N[C@H](C#N)C[C@@H]2CCNC2=O)C3(C)C)C(C)(C)C)C1. The number of nitrogens with one attached hydrogen (secondary N) is 3. The zero-order valence-electron chi connectivity index (χ0n) is 22.3. The first-order valence-electron chi connectivity index (χ1n) is 13.0. The molecule has 0 radical (unpaired) electrons. The molecule has 4 aliphatic rings. The zero-order chi connectivity index (χ0) is 26.6. The molecule has 0 aromatic rings. The van der Waals surface area contributed by atoms with E-state index in [2.05, 4.69) is 40.8 Å². The van der Waals surface area contributed by atoms with Crippen molar-refractivity contribution in [3.05, 3.63) is 0 Å². The highest BCUT2D eigenvalue weighted by atomic mass is 16.2. The molecule has 0 unspecified atom stereocenters. The van der Waals surface area contributed by atoms with Crippen LogP contribution in [0.15, 0.2) is 0 Å². The number of nitrogens with zero attached hydrogens (tertiary/aromatic N) is 3. The monoisotopic (exact) mass is 500 g/mol. The largest absolute Gasteiger partial charge is 0.356 e. The Morgan fingerprint density at radius 3 is 2.36 bits per heavy atom. The molecule has 1 saturated carbocycles. The van der Waals surface area contributed by atoms with Crippen LogP contribution in [0.3, 0.4) is 0 Å². The van der Waals surface area contributed by atoms with E-state index in [1.165, 1.54) is 0 Å². The van der Waals surface area contributed by atoms with Crippen molar-refractivity contribution >= 4 is 23.6 Å². The molecule has 10 nitrogen and oxygen atoms in total. The summed E-state index contributed by atoms with van der Waals surface area (Å²) in [5.41, 5.74) is -0.625. The molecule has 3 heterocycles. The molecule has 3 N–H and O–H groups in total. The maximum atomic E-state index is 13.9. The summed E-state index contributed by atoms with van der Waals surface area (Å²) < 4.78 is 0. The van der Waals surface area contributed by atoms with Crippen LogP contribution >= 0.6 is 0 Å². The van der Waals surface area contributed by atoms with Crippen molar-refractivity contribution in [2.45, 2.75) is 65.6 Å². The molecular formula is C26H40N6O4. The standard InChI is InChI=1S/C26H40N6O4/c1-25(2,3)20(30-22(34)15-11-31(6)12-15)24(36)32-13-17-18(26(17,4)5)19(32)23(35)29-16(10-27)9-14-7-8-28-21(14)33/h14-20H,7-9,11-13H2,1-6H3,(H,28,33)(H,29,35)(H,30,34)/t14-,16-,17-,18-,19-,20+/m0/s1. The third-order valence-corrected chi connectivity index (χ3v) is 8.75. The molecule has 3 aliphatic heterocycles. The Bertz CT molecular complexity index is 976. The summed E-state index contributed by atoms with van der Waals surface area (Å²) in [6.07, 6.45) is 0.894. The van der Waals surface area contributed by atoms with E-state index < -0.39 is 23.5 Å². The first-order chi connectivity index (χ1) is 16.8. The van der Waals surface area contributed by atoms with Gasteiger partial charge in [-0.1, -0.05) is 34.6 Å². The Balaban J connectivity index is 1.49. The number of nitriles is 1. The van der Waals surface area contributed by atoms with Gasteiger partial charge in [-0.25, -0.2) is 0 Å². The van der Waals surface area contributed by atoms with Gasteiger partial charge in [0.15, 0.2) is 0 Å². The van der Waals surface area contributed by atoms with Gasteiger partial charge >= 0.3 is 0 Å². The van der Waals surface area contributed by atoms with E-state index in [1.54, 1.807) is 4.90 Å². The second-order valence-electron chi connectivity index (χ2n) is 12.8. The quantitative estimate of drug-likeness (QED) is 0.454. The third-order valence-electron chi connectivity index (χ3n) is 8.75. The van der Waals surface area contributed by atoms with E-state index >= 15 is 0 Å². The minimum atomic E-state index is -0.807. The molecule has 4 rings (SSSR count). The Kier molecular flexibility index (Phi) is 6.84. The van der Waals surface area contributed by atoms with Gasteiger partial charge < -0.3 is 25.8 Å². The Morgan fingerprint density at radius 2 is 1.83 bits per heavy atom. The van der Waals surface area contributed by atoms with E-state index in [0.29, 0.717) is 32.6 Å². The number of fused-ring (bicyclic) bond motifs is 1. The van der Waals surface area contributed by atoms with Crippen LogP contribution in [-0.4, -0.2) is 84.8 Å². The molecule has 0 bridgehead atoms. The lowest BCUT2D eigenvalue weighted by Gasteiger charge is -2.40. The molecule has 0 aromatic carbocycles. The number of rotatable bonds is 7. The van der Waals surface area contributed by atoms with Crippen LogP contribution in [0.5, 0.6) is 0 Å². The molecule has 10 heteroatoms. The number of amides is 4. The van der Waals surface area contributed by atoms with Gasteiger partial charge in [0.05, 0.1) is 12.0 Å². The third kappa shape index (κ3) is 4.82. The van der Waals surface area contributed by atoms with Crippen molar-refractivity contribution in [1.29, 1.82) is 5.26 Å². The van der Waals surface area contributed by atoms with Crippen molar-refractivity contribution < 1.29 is 19.2 Å². The van der Waals surface area contributed by atoms with Gasteiger partial charge in [0.25, 0.3) is 0 Å². The summed E-state index contributed by atoms with van der Waals surface area (Å²) >= 11 is 0. The second-order valence-corrected chi connectivity index (χ2v) is 12.8. The lowest BCUT2D eigenvalue weighted by Crippen LogP contribution is -2.62. The highest BCUT2D eigenvalue weighted by molar-refractivity contribution is 5.94. The molecule has 36 heavy (non-hydrogen) atoms. The van der Waals surface area contributed by atoms with Crippen LogP contribution in [0.25, 0.3) is 0 Å². The minimum absolute atomic E-state index is 0.00725. The number of likely N-dealkylation sites (tertiary alicyclic amines) is 2. The van der Waals surface area contributed by atoms with Crippen molar-refractivity contribution in [3.63, 3.8) is 0 Å². The van der Waals surface area contributed by atoms with Gasteiger partial charge in [-0.3, -0.25) is 19.2 Å². The Morgan fingerprint density at radius 1 is 1.17 bits per heavy atom. The number of carbonyl (C=O) groups is 4. The fourth-order valence-electron chi connectivity index (χ4n) is 6.31. The zero-order valence-corrected chi connectivity index (χ0v) is 22.3. The van der Waals surface area contributed by atoms with Crippen molar-refractivity contribution in [3.8, 4) is 6.07 Å². The maximum Gasteiger partial charge on any atom is 0.246 e. The van der Waals surface area contributed by atoms with E-state index in [9.17, 15) is 24.4 Å². The smallest absolute Gasteiger partial charge is 0.246 e. The van der Waals surface area contributed by atoms with Crippen LogP contribution < -0.4 is 16.0 Å². The van der Waals surface area contributed by atoms with Crippen LogP contribution in [-0.2, 0) is 19.2 Å². The second kappa shape index (κ2) is 9.33. The van der Waals surface area contributed by atoms with Gasteiger partial charge in [-0.2, -0.15) is 5.26 Å². The molecule has 198 valence electrons. The fraction of sp³-hybridized carbons (Fsp3) is 0.808. The number of piperidine rings is 1. The maximum absolute atomic E-state index is 13.9. The summed E-state index contributed by atoms with van der Waals surface area (Å²) in [6, 6.07) is -0.154. The van der Waals surface area contributed by atoms with Crippen molar-refractivity contribution in [2.24, 2.45) is 34.5 Å². The van der Waals surface area contributed by atoms with Gasteiger partial charge in [-0.15, -0.1) is 0 Å². The molecule has 4 fully saturated rings. The minimum Gasteiger partial charge on any atom is -0.356 e. The summed E-state index contributed by atoms with van der Waals surface area (Å²) in [7, 11) is 1.95. The number of hydrogen-bond donors (Lipinski definition) is 3. The molecule has 0 spiro atoms. The molecular weight excluding hydrogens is 460 g/mol. The lowest BCUT2D eigenvalue weighted by molar-refractivity contribution is -0.147. The van der Waals surface area contributed by atoms with Gasteiger partial charge in [0, 0.05) is 32.1 Å². The van der Waals surface area contributed by atoms with Crippen LogP contribution in [0, 0.1) is 45.8 Å². The first kappa shape index (κ1) is 26.4.